The second-order valence-corrected chi connectivity index (χ2v) is 5.53. The summed E-state index contributed by atoms with van der Waals surface area (Å²) in [5.41, 5.74) is 0.268. The minimum Gasteiger partial charge on any atom is -0.395 e. The van der Waals surface area contributed by atoms with Crippen molar-refractivity contribution in [1.82, 2.24) is 4.72 Å². The first-order chi connectivity index (χ1) is 7.90. The Labute approximate surface area is 101 Å². The third kappa shape index (κ3) is 3.49. The highest BCUT2D eigenvalue weighted by Gasteiger charge is 2.19. The molecule has 0 aromatic heterocycles. The van der Waals surface area contributed by atoms with E-state index in [0.29, 0.717) is 6.42 Å². The van der Waals surface area contributed by atoms with Gasteiger partial charge in [-0.3, -0.25) is 0 Å². The zero-order valence-corrected chi connectivity index (χ0v) is 10.6. The molecule has 0 aliphatic rings. The maximum atomic E-state index is 13.0. The first-order valence-corrected chi connectivity index (χ1v) is 6.78. The van der Waals surface area contributed by atoms with Gasteiger partial charge in [0.05, 0.1) is 11.5 Å². The van der Waals surface area contributed by atoms with Gasteiger partial charge in [-0.15, -0.1) is 0 Å². The van der Waals surface area contributed by atoms with E-state index in [2.05, 4.69) is 4.72 Å². The van der Waals surface area contributed by atoms with Crippen LogP contribution in [0.25, 0.3) is 0 Å². The van der Waals surface area contributed by atoms with Crippen LogP contribution in [0.5, 0.6) is 0 Å². The van der Waals surface area contributed by atoms with E-state index in [-0.39, 0.29) is 17.1 Å². The van der Waals surface area contributed by atoms with Crippen LogP contribution < -0.4 is 4.72 Å². The average molecular weight is 261 g/mol. The molecule has 0 saturated heterocycles. The molecule has 1 atom stereocenters. The summed E-state index contributed by atoms with van der Waals surface area (Å²) in [5, 5.41) is 8.95. The van der Waals surface area contributed by atoms with E-state index in [0.717, 1.165) is 6.07 Å². The molecule has 0 heterocycles. The van der Waals surface area contributed by atoms with Crippen LogP contribution in [0.2, 0.25) is 0 Å². The van der Waals surface area contributed by atoms with Crippen molar-refractivity contribution in [2.75, 3.05) is 6.61 Å². The van der Waals surface area contributed by atoms with Crippen LogP contribution in [-0.2, 0) is 10.0 Å². The summed E-state index contributed by atoms with van der Waals surface area (Å²) in [6.45, 7) is 2.99. The predicted molar refractivity (Wildman–Crippen MR) is 62.6 cm³/mol. The smallest absolute Gasteiger partial charge is 0.240 e. The predicted octanol–water partition coefficient (Wildman–Crippen LogP) is 1.18. The Morgan fingerprint density at radius 3 is 2.59 bits per heavy atom. The molecule has 96 valence electrons. The van der Waals surface area contributed by atoms with Gasteiger partial charge in [-0.1, -0.05) is 6.92 Å². The molecule has 0 aliphatic carbocycles. The van der Waals surface area contributed by atoms with Crippen molar-refractivity contribution in [2.45, 2.75) is 31.2 Å². The van der Waals surface area contributed by atoms with Crippen molar-refractivity contribution in [3.05, 3.63) is 29.6 Å². The minimum absolute atomic E-state index is 0.00306. The molecule has 1 aromatic rings. The van der Waals surface area contributed by atoms with Crippen molar-refractivity contribution in [3.8, 4) is 0 Å². The number of aryl methyl sites for hydroxylation is 1. The fourth-order valence-electron chi connectivity index (χ4n) is 1.32. The Morgan fingerprint density at radius 1 is 1.47 bits per heavy atom. The van der Waals surface area contributed by atoms with Crippen LogP contribution in [-0.4, -0.2) is 26.2 Å². The molecule has 1 aromatic carbocycles. The molecule has 17 heavy (non-hydrogen) atoms. The van der Waals surface area contributed by atoms with Gasteiger partial charge in [-0.2, -0.15) is 0 Å². The first-order valence-electron chi connectivity index (χ1n) is 5.30. The highest BCUT2D eigenvalue weighted by molar-refractivity contribution is 7.89. The summed E-state index contributed by atoms with van der Waals surface area (Å²) >= 11 is 0. The lowest BCUT2D eigenvalue weighted by Crippen LogP contribution is -2.36. The topological polar surface area (TPSA) is 66.4 Å². The average Bonchev–Trinajstić information content (AvgIpc) is 2.29. The van der Waals surface area contributed by atoms with Crippen molar-refractivity contribution in [1.29, 1.82) is 0 Å². The molecule has 2 N–H and O–H groups in total. The quantitative estimate of drug-likeness (QED) is 0.836. The van der Waals surface area contributed by atoms with Gasteiger partial charge in [0, 0.05) is 6.04 Å². The van der Waals surface area contributed by atoms with Gasteiger partial charge in [0.25, 0.3) is 0 Å². The SMILES string of the molecule is CCC(CO)NS(=O)(=O)c1ccc(F)c(C)c1. The minimum atomic E-state index is -3.70. The fourth-order valence-corrected chi connectivity index (χ4v) is 2.72. The fraction of sp³-hybridized carbons (Fsp3) is 0.455. The van der Waals surface area contributed by atoms with Crippen molar-refractivity contribution in [3.63, 3.8) is 0 Å². The zero-order valence-electron chi connectivity index (χ0n) is 9.77. The Morgan fingerprint density at radius 2 is 2.12 bits per heavy atom. The summed E-state index contributed by atoms with van der Waals surface area (Å²) in [4.78, 5) is 0.00306. The van der Waals surface area contributed by atoms with Gasteiger partial charge in [0.15, 0.2) is 0 Å². The van der Waals surface area contributed by atoms with Crippen LogP contribution in [0.4, 0.5) is 4.39 Å². The van der Waals surface area contributed by atoms with Crippen LogP contribution in [0.15, 0.2) is 23.1 Å². The molecule has 0 amide bonds. The molecule has 0 saturated carbocycles. The normalized spacial score (nSPS) is 13.6. The van der Waals surface area contributed by atoms with Crippen LogP contribution in [0.1, 0.15) is 18.9 Å². The Kier molecular flexibility index (Phi) is 4.62. The second-order valence-electron chi connectivity index (χ2n) is 3.82. The van der Waals surface area contributed by atoms with Gasteiger partial charge in [-0.05, 0) is 37.1 Å². The van der Waals surface area contributed by atoms with Crippen molar-refractivity contribution >= 4 is 10.0 Å². The molecule has 0 spiro atoms. The molecule has 1 unspecified atom stereocenters. The van der Waals surface area contributed by atoms with Crippen molar-refractivity contribution in [2.24, 2.45) is 0 Å². The summed E-state index contributed by atoms with van der Waals surface area (Å²) in [6, 6.07) is 3.06. The summed E-state index contributed by atoms with van der Waals surface area (Å²) in [6.07, 6.45) is 0.482. The summed E-state index contributed by atoms with van der Waals surface area (Å²) in [7, 11) is -3.70. The second kappa shape index (κ2) is 5.57. The molecule has 6 heteroatoms. The molecule has 4 nitrogen and oxygen atoms in total. The number of benzene rings is 1. The van der Waals surface area contributed by atoms with Gasteiger partial charge >= 0.3 is 0 Å². The van der Waals surface area contributed by atoms with E-state index in [1.165, 1.54) is 19.1 Å². The lowest BCUT2D eigenvalue weighted by molar-refractivity contribution is 0.254. The van der Waals surface area contributed by atoms with Gasteiger partial charge in [-0.25, -0.2) is 17.5 Å². The number of halogens is 1. The van der Waals surface area contributed by atoms with Gasteiger partial charge in [0.1, 0.15) is 5.82 Å². The lowest BCUT2D eigenvalue weighted by atomic mass is 10.2. The highest BCUT2D eigenvalue weighted by Crippen LogP contribution is 2.14. The largest absolute Gasteiger partial charge is 0.395 e. The molecule has 0 radical (unpaired) electrons. The van der Waals surface area contributed by atoms with E-state index in [1.54, 1.807) is 6.92 Å². The van der Waals surface area contributed by atoms with E-state index >= 15 is 0 Å². The summed E-state index contributed by atoms with van der Waals surface area (Å²) in [5.74, 6) is -0.446. The third-order valence-corrected chi connectivity index (χ3v) is 3.99. The molecule has 0 bridgehead atoms. The first kappa shape index (κ1) is 14.1. The molecule has 1 rings (SSSR count). The highest BCUT2D eigenvalue weighted by atomic mass is 32.2. The van der Waals surface area contributed by atoms with E-state index in [4.69, 9.17) is 5.11 Å². The number of sulfonamides is 1. The molecule has 0 fully saturated rings. The Balaban J connectivity index is 3.01. The maximum absolute atomic E-state index is 13.0. The van der Waals surface area contributed by atoms with E-state index in [9.17, 15) is 12.8 Å². The number of aliphatic hydroxyl groups is 1. The molecular weight excluding hydrogens is 245 g/mol. The van der Waals surface area contributed by atoms with Crippen LogP contribution in [0.3, 0.4) is 0 Å². The number of rotatable bonds is 5. The van der Waals surface area contributed by atoms with Crippen LogP contribution in [0, 0.1) is 12.7 Å². The van der Waals surface area contributed by atoms with E-state index < -0.39 is 21.9 Å². The Hall–Kier alpha value is -0.980. The summed E-state index contributed by atoms with van der Waals surface area (Å²) < 4.78 is 39.1. The Bertz CT molecular complexity index is 483. The zero-order chi connectivity index (χ0) is 13.1. The maximum Gasteiger partial charge on any atom is 0.240 e. The molecule has 0 aliphatic heterocycles. The number of nitrogens with one attached hydrogen (secondary N) is 1. The van der Waals surface area contributed by atoms with E-state index in [1.807, 2.05) is 0 Å². The lowest BCUT2D eigenvalue weighted by Gasteiger charge is -2.14. The third-order valence-electron chi connectivity index (χ3n) is 2.47. The number of hydrogen-bond donors (Lipinski definition) is 2. The van der Waals surface area contributed by atoms with Crippen molar-refractivity contribution < 1.29 is 17.9 Å². The van der Waals surface area contributed by atoms with Crippen LogP contribution >= 0.6 is 0 Å². The number of aliphatic hydroxyl groups excluding tert-OH is 1. The number of hydrogen-bond acceptors (Lipinski definition) is 3. The monoisotopic (exact) mass is 261 g/mol. The standard InChI is InChI=1S/C11H16FNO3S/c1-3-9(7-14)13-17(15,16)10-4-5-11(12)8(2)6-10/h4-6,9,13-14H,3,7H2,1-2H3. The van der Waals surface area contributed by atoms with Gasteiger partial charge < -0.3 is 5.11 Å². The molecular formula is C11H16FNO3S. The van der Waals surface area contributed by atoms with Gasteiger partial charge in [0.2, 0.25) is 10.0 Å².